The molecule has 0 radical (unpaired) electrons. The molecule has 3 heterocycles. The molecule has 2 aromatic carbocycles. The number of carbonyl (C=O) groups excluding carboxylic acids is 2. The topological polar surface area (TPSA) is 112 Å². The molecule has 5 rings (SSSR count). The molecule has 0 bridgehead atoms. The number of halogens is 1. The number of rotatable bonds is 6. The maximum atomic E-state index is 13.6. The van der Waals surface area contributed by atoms with Gasteiger partial charge in [0, 0.05) is 17.6 Å². The lowest BCUT2D eigenvalue weighted by atomic mass is 9.98. The van der Waals surface area contributed by atoms with Crippen LogP contribution in [0.1, 0.15) is 40.6 Å². The van der Waals surface area contributed by atoms with Crippen molar-refractivity contribution in [2.45, 2.75) is 25.0 Å². The van der Waals surface area contributed by atoms with Crippen LogP contribution in [-0.2, 0) is 9.53 Å². The number of carbonyl (C=O) groups is 2. The molecule has 0 saturated carbocycles. The number of benzene rings is 2. The van der Waals surface area contributed by atoms with Gasteiger partial charge in [-0.05, 0) is 48.7 Å². The van der Waals surface area contributed by atoms with Crippen molar-refractivity contribution >= 4 is 38.7 Å². The fourth-order valence-electron chi connectivity index (χ4n) is 4.44. The summed E-state index contributed by atoms with van der Waals surface area (Å²) in [5.74, 6) is -0.386. The normalized spacial score (nSPS) is 19.8. The Morgan fingerprint density at radius 3 is 2.67 bits per heavy atom. The van der Waals surface area contributed by atoms with Crippen LogP contribution in [0.15, 0.2) is 56.1 Å². The minimum atomic E-state index is -0.624. The minimum Gasteiger partial charge on any atom is -0.484 e. The van der Waals surface area contributed by atoms with Gasteiger partial charge in [-0.25, -0.2) is 0 Å². The van der Waals surface area contributed by atoms with E-state index in [0.29, 0.717) is 35.4 Å². The van der Waals surface area contributed by atoms with Gasteiger partial charge >= 0.3 is 0 Å². The molecule has 9 heteroatoms. The molecule has 0 spiro atoms. The lowest BCUT2D eigenvalue weighted by molar-refractivity contribution is -0.119. The van der Waals surface area contributed by atoms with Crippen LogP contribution in [-0.4, -0.2) is 42.6 Å². The predicted molar refractivity (Wildman–Crippen MR) is 123 cm³/mol. The molecular formula is C24H21BrN2O6. The second-order valence-corrected chi connectivity index (χ2v) is 9.05. The average molecular weight is 513 g/mol. The van der Waals surface area contributed by atoms with Gasteiger partial charge in [0.05, 0.1) is 23.1 Å². The van der Waals surface area contributed by atoms with Gasteiger partial charge in [-0.1, -0.05) is 28.1 Å². The summed E-state index contributed by atoms with van der Waals surface area (Å²) >= 11 is 3.40. The molecule has 1 aromatic heterocycles. The summed E-state index contributed by atoms with van der Waals surface area (Å²) in [7, 11) is 0. The first-order valence-corrected chi connectivity index (χ1v) is 11.4. The molecule has 1 fully saturated rings. The van der Waals surface area contributed by atoms with Crippen molar-refractivity contribution in [3.8, 4) is 5.75 Å². The smallest absolute Gasteiger partial charge is 0.291 e. The van der Waals surface area contributed by atoms with E-state index in [4.69, 9.17) is 19.6 Å². The Kier molecular flexibility index (Phi) is 5.67. The van der Waals surface area contributed by atoms with Gasteiger partial charge in [0.2, 0.25) is 5.76 Å². The van der Waals surface area contributed by atoms with Gasteiger partial charge in [-0.3, -0.25) is 14.4 Å². The van der Waals surface area contributed by atoms with Crippen molar-refractivity contribution in [3.63, 3.8) is 0 Å². The molecule has 170 valence electrons. The van der Waals surface area contributed by atoms with Crippen LogP contribution in [0.25, 0.3) is 11.0 Å². The fourth-order valence-corrected chi connectivity index (χ4v) is 4.80. The fraction of sp³-hybridized carbons (Fsp3) is 0.292. The molecule has 3 aromatic rings. The highest BCUT2D eigenvalue weighted by atomic mass is 79.9. The molecule has 1 saturated heterocycles. The van der Waals surface area contributed by atoms with E-state index < -0.39 is 11.9 Å². The van der Waals surface area contributed by atoms with Crippen molar-refractivity contribution < 1.29 is 23.5 Å². The van der Waals surface area contributed by atoms with E-state index in [0.717, 1.165) is 22.9 Å². The first-order chi connectivity index (χ1) is 15.9. The molecule has 8 nitrogen and oxygen atoms in total. The molecule has 2 unspecified atom stereocenters. The molecule has 2 N–H and O–H groups in total. The Morgan fingerprint density at radius 2 is 1.97 bits per heavy atom. The van der Waals surface area contributed by atoms with E-state index in [1.54, 1.807) is 47.4 Å². The molecule has 2 aliphatic rings. The van der Waals surface area contributed by atoms with Crippen LogP contribution < -0.4 is 15.9 Å². The third-order valence-corrected chi connectivity index (χ3v) is 6.42. The van der Waals surface area contributed by atoms with Gasteiger partial charge in [-0.2, -0.15) is 0 Å². The van der Waals surface area contributed by atoms with Crippen LogP contribution in [0.4, 0.5) is 0 Å². The van der Waals surface area contributed by atoms with Crippen molar-refractivity contribution in [2.75, 3.05) is 19.8 Å². The summed E-state index contributed by atoms with van der Waals surface area (Å²) < 4.78 is 17.8. The van der Waals surface area contributed by atoms with Gasteiger partial charge < -0.3 is 24.5 Å². The summed E-state index contributed by atoms with van der Waals surface area (Å²) in [6.07, 6.45) is 1.69. The maximum Gasteiger partial charge on any atom is 0.291 e. The Balaban J connectivity index is 1.60. The highest BCUT2D eigenvalue weighted by Crippen LogP contribution is 2.39. The van der Waals surface area contributed by atoms with E-state index >= 15 is 0 Å². The zero-order valence-electron chi connectivity index (χ0n) is 17.6. The van der Waals surface area contributed by atoms with Gasteiger partial charge in [-0.15, -0.1) is 0 Å². The lowest BCUT2D eigenvalue weighted by Crippen LogP contribution is -2.36. The monoisotopic (exact) mass is 512 g/mol. The first kappa shape index (κ1) is 21.7. The number of ether oxygens (including phenoxy) is 2. The van der Waals surface area contributed by atoms with Gasteiger partial charge in [0.25, 0.3) is 11.8 Å². The van der Waals surface area contributed by atoms with Crippen molar-refractivity contribution in [2.24, 2.45) is 5.73 Å². The van der Waals surface area contributed by atoms with Crippen molar-refractivity contribution in [1.29, 1.82) is 0 Å². The number of fused-ring (bicyclic) bond motifs is 2. The molecule has 0 aliphatic carbocycles. The van der Waals surface area contributed by atoms with Gasteiger partial charge in [0.15, 0.2) is 12.0 Å². The van der Waals surface area contributed by atoms with Crippen LogP contribution in [0.5, 0.6) is 5.75 Å². The molecule has 2 aliphatic heterocycles. The highest BCUT2D eigenvalue weighted by molar-refractivity contribution is 9.10. The average Bonchev–Trinajstić information content (AvgIpc) is 3.41. The molecular weight excluding hydrogens is 492 g/mol. The van der Waals surface area contributed by atoms with E-state index in [9.17, 15) is 14.4 Å². The zero-order chi connectivity index (χ0) is 23.1. The molecule has 2 amide bonds. The number of primary amides is 1. The summed E-state index contributed by atoms with van der Waals surface area (Å²) in [5.41, 5.74) is 6.31. The van der Waals surface area contributed by atoms with Crippen LogP contribution in [0.3, 0.4) is 0 Å². The van der Waals surface area contributed by atoms with Crippen LogP contribution in [0.2, 0.25) is 0 Å². The van der Waals surface area contributed by atoms with E-state index in [2.05, 4.69) is 15.9 Å². The van der Waals surface area contributed by atoms with Crippen molar-refractivity contribution in [1.82, 2.24) is 4.90 Å². The number of hydrogen-bond acceptors (Lipinski definition) is 6. The Morgan fingerprint density at radius 1 is 1.18 bits per heavy atom. The summed E-state index contributed by atoms with van der Waals surface area (Å²) in [4.78, 5) is 39.6. The van der Waals surface area contributed by atoms with E-state index in [1.165, 1.54) is 0 Å². The van der Waals surface area contributed by atoms with Gasteiger partial charge in [0.1, 0.15) is 11.3 Å². The number of amides is 2. The number of nitrogens with two attached hydrogens (primary N) is 1. The van der Waals surface area contributed by atoms with E-state index in [1.807, 2.05) is 0 Å². The Bertz CT molecular complexity index is 1300. The SMILES string of the molecule is NC(=O)COc1ccc(C2c3c(oc4ccc(Br)cc4c3=O)C(=O)N2CC2CCCO2)cc1. The first-order valence-electron chi connectivity index (χ1n) is 10.6. The van der Waals surface area contributed by atoms with Crippen LogP contribution >= 0.6 is 15.9 Å². The summed E-state index contributed by atoms with van der Waals surface area (Å²) in [6.45, 7) is 0.776. The highest BCUT2D eigenvalue weighted by Gasteiger charge is 2.43. The zero-order valence-corrected chi connectivity index (χ0v) is 19.2. The third-order valence-electron chi connectivity index (χ3n) is 5.93. The second-order valence-electron chi connectivity index (χ2n) is 8.13. The summed E-state index contributed by atoms with van der Waals surface area (Å²) in [5, 5.41) is 0.404. The lowest BCUT2D eigenvalue weighted by Gasteiger charge is -2.27. The molecule has 2 atom stereocenters. The maximum absolute atomic E-state index is 13.6. The second kappa shape index (κ2) is 8.64. The Hall–Kier alpha value is -3.17. The molecule has 33 heavy (non-hydrogen) atoms. The largest absolute Gasteiger partial charge is 0.484 e. The predicted octanol–water partition coefficient (Wildman–Crippen LogP) is 3.14. The van der Waals surface area contributed by atoms with E-state index in [-0.39, 0.29) is 29.8 Å². The Labute approximate surface area is 197 Å². The number of hydrogen-bond donors (Lipinski definition) is 1. The summed E-state index contributed by atoms with van der Waals surface area (Å²) in [6, 6.07) is 11.4. The number of nitrogens with zero attached hydrogens (tertiary/aromatic N) is 1. The standard InChI is InChI=1S/C24H21BrN2O6/c25-14-5-8-18-17(10-14)22(29)20-21(13-3-6-15(7-4-13)32-12-19(26)28)27(24(30)23(20)33-18)11-16-2-1-9-31-16/h3-8,10,16,21H,1-2,9,11-12H2,(H2,26,28). The third kappa shape index (κ3) is 4.02. The quantitative estimate of drug-likeness (QED) is 0.542. The van der Waals surface area contributed by atoms with Crippen molar-refractivity contribution in [3.05, 3.63) is 74.0 Å². The minimum absolute atomic E-state index is 0.0619. The van der Waals surface area contributed by atoms with Crippen LogP contribution in [0, 0.1) is 0 Å².